The van der Waals surface area contributed by atoms with Crippen LogP contribution in [0.5, 0.6) is 0 Å². The van der Waals surface area contributed by atoms with Crippen molar-refractivity contribution in [3.05, 3.63) is 53.9 Å². The quantitative estimate of drug-likeness (QED) is 0.754. The lowest BCUT2D eigenvalue weighted by Crippen LogP contribution is -2.13. The maximum absolute atomic E-state index is 13.3. The molecule has 0 aliphatic carbocycles. The molecule has 5 nitrogen and oxygen atoms in total. The molecule has 0 amide bonds. The average Bonchev–Trinajstić information content (AvgIpc) is 2.89. The monoisotopic (exact) mass is 366 g/mol. The average molecular weight is 366 g/mol. The van der Waals surface area contributed by atoms with Crippen molar-refractivity contribution >= 4 is 26.8 Å². The fraction of sp³-hybridized carbons (Fsp3) is 0.235. The van der Waals surface area contributed by atoms with Gasteiger partial charge in [-0.1, -0.05) is 20.8 Å². The topological polar surface area (TPSA) is 72.2 Å². The summed E-state index contributed by atoms with van der Waals surface area (Å²) >= 11 is 0. The fourth-order valence-electron chi connectivity index (χ4n) is 2.21. The Hall–Kier alpha value is -2.48. The third-order valence-corrected chi connectivity index (χ3v) is 4.79. The molecule has 3 rings (SSSR count). The Labute approximate surface area is 143 Å². The SMILES string of the molecule is CC(C)(C)c1nc2cc(NS(=O)(=O)c3cc(F)cc(F)c3)ccc2o1. The van der Waals surface area contributed by atoms with Gasteiger partial charge in [-0.05, 0) is 30.3 Å². The van der Waals surface area contributed by atoms with Gasteiger partial charge in [0.1, 0.15) is 17.2 Å². The van der Waals surface area contributed by atoms with E-state index >= 15 is 0 Å². The standard InChI is InChI=1S/C17H16F2N2O3S/c1-17(2,3)16-20-14-9-12(4-5-15(14)24-16)21-25(22,23)13-7-10(18)6-11(19)8-13/h4-9,21H,1-3H3. The van der Waals surface area contributed by atoms with Crippen molar-refractivity contribution in [3.63, 3.8) is 0 Å². The number of hydrogen-bond donors (Lipinski definition) is 1. The van der Waals surface area contributed by atoms with Crippen LogP contribution in [0.3, 0.4) is 0 Å². The number of hydrogen-bond acceptors (Lipinski definition) is 4. The molecular weight excluding hydrogens is 350 g/mol. The number of rotatable bonds is 3. The van der Waals surface area contributed by atoms with Crippen molar-refractivity contribution in [2.75, 3.05) is 4.72 Å². The van der Waals surface area contributed by atoms with Gasteiger partial charge in [0.2, 0.25) is 5.89 Å². The Morgan fingerprint density at radius 2 is 1.68 bits per heavy atom. The van der Waals surface area contributed by atoms with E-state index in [1.54, 1.807) is 6.07 Å². The minimum Gasteiger partial charge on any atom is -0.440 e. The van der Waals surface area contributed by atoms with Gasteiger partial charge in [0.05, 0.1) is 10.6 Å². The van der Waals surface area contributed by atoms with Gasteiger partial charge in [-0.3, -0.25) is 4.72 Å². The molecule has 0 radical (unpaired) electrons. The Bertz CT molecular complexity index is 1030. The molecular formula is C17H16F2N2O3S. The van der Waals surface area contributed by atoms with E-state index in [4.69, 9.17) is 4.42 Å². The zero-order chi connectivity index (χ0) is 18.4. The maximum Gasteiger partial charge on any atom is 0.262 e. The Morgan fingerprint density at radius 1 is 1.04 bits per heavy atom. The lowest BCUT2D eigenvalue weighted by atomic mass is 9.97. The van der Waals surface area contributed by atoms with Crippen LogP contribution in [0.1, 0.15) is 26.7 Å². The summed E-state index contributed by atoms with van der Waals surface area (Å²) < 4.78 is 59.1. The Kier molecular flexibility index (Phi) is 4.03. The predicted octanol–water partition coefficient (Wildman–Crippen LogP) is 4.20. The Morgan fingerprint density at radius 3 is 2.28 bits per heavy atom. The molecule has 25 heavy (non-hydrogen) atoms. The molecule has 132 valence electrons. The molecule has 0 saturated carbocycles. The van der Waals surface area contributed by atoms with E-state index in [2.05, 4.69) is 9.71 Å². The Balaban J connectivity index is 1.96. The number of fused-ring (bicyclic) bond motifs is 1. The lowest BCUT2D eigenvalue weighted by Gasteiger charge is -2.11. The minimum atomic E-state index is -4.14. The van der Waals surface area contributed by atoms with Crippen LogP contribution in [-0.4, -0.2) is 13.4 Å². The summed E-state index contributed by atoms with van der Waals surface area (Å²) in [5, 5.41) is 0. The van der Waals surface area contributed by atoms with Crippen LogP contribution in [0.4, 0.5) is 14.5 Å². The zero-order valence-electron chi connectivity index (χ0n) is 13.8. The molecule has 1 aromatic heterocycles. The van der Waals surface area contributed by atoms with Crippen molar-refractivity contribution in [1.29, 1.82) is 0 Å². The molecule has 0 unspecified atom stereocenters. The third-order valence-electron chi connectivity index (χ3n) is 3.43. The molecule has 0 saturated heterocycles. The first kappa shape index (κ1) is 17.3. The smallest absolute Gasteiger partial charge is 0.262 e. The molecule has 0 spiro atoms. The van der Waals surface area contributed by atoms with Gasteiger partial charge in [0.25, 0.3) is 10.0 Å². The van der Waals surface area contributed by atoms with Gasteiger partial charge >= 0.3 is 0 Å². The van der Waals surface area contributed by atoms with E-state index in [0.717, 1.165) is 12.1 Å². The summed E-state index contributed by atoms with van der Waals surface area (Å²) in [6.45, 7) is 5.83. The molecule has 1 heterocycles. The predicted molar refractivity (Wildman–Crippen MR) is 89.9 cm³/mol. The molecule has 0 aliphatic heterocycles. The minimum absolute atomic E-state index is 0.214. The highest BCUT2D eigenvalue weighted by atomic mass is 32.2. The van der Waals surface area contributed by atoms with E-state index in [0.29, 0.717) is 23.1 Å². The van der Waals surface area contributed by atoms with E-state index in [1.165, 1.54) is 12.1 Å². The maximum atomic E-state index is 13.3. The molecule has 0 fully saturated rings. The van der Waals surface area contributed by atoms with Crippen molar-refractivity contribution < 1.29 is 21.6 Å². The largest absolute Gasteiger partial charge is 0.440 e. The second-order valence-electron chi connectivity index (χ2n) is 6.66. The molecule has 3 aromatic rings. The zero-order valence-corrected chi connectivity index (χ0v) is 14.6. The van der Waals surface area contributed by atoms with Gasteiger partial charge in [0, 0.05) is 11.5 Å². The lowest BCUT2D eigenvalue weighted by molar-refractivity contribution is 0.411. The number of sulfonamides is 1. The summed E-state index contributed by atoms with van der Waals surface area (Å²) in [5.41, 5.74) is 0.920. The second kappa shape index (κ2) is 5.80. The molecule has 0 bridgehead atoms. The van der Waals surface area contributed by atoms with Crippen LogP contribution in [-0.2, 0) is 15.4 Å². The number of halogens is 2. The van der Waals surface area contributed by atoms with Crippen molar-refractivity contribution in [2.24, 2.45) is 0 Å². The second-order valence-corrected chi connectivity index (χ2v) is 8.34. The van der Waals surface area contributed by atoms with Crippen LogP contribution in [0.2, 0.25) is 0 Å². The van der Waals surface area contributed by atoms with E-state index in [-0.39, 0.29) is 11.1 Å². The summed E-state index contributed by atoms with van der Waals surface area (Å²) in [7, 11) is -4.14. The number of aromatic nitrogens is 1. The third kappa shape index (κ3) is 3.63. The highest BCUT2D eigenvalue weighted by Crippen LogP contribution is 2.28. The summed E-state index contributed by atoms with van der Waals surface area (Å²) in [6, 6.07) is 6.68. The summed E-state index contributed by atoms with van der Waals surface area (Å²) in [5.74, 6) is -1.42. The number of nitrogens with one attached hydrogen (secondary N) is 1. The van der Waals surface area contributed by atoms with E-state index in [1.807, 2.05) is 20.8 Å². The van der Waals surface area contributed by atoms with Gasteiger partial charge in [-0.25, -0.2) is 22.2 Å². The van der Waals surface area contributed by atoms with Crippen LogP contribution in [0, 0.1) is 11.6 Å². The van der Waals surface area contributed by atoms with Crippen LogP contribution < -0.4 is 4.72 Å². The van der Waals surface area contributed by atoms with E-state index < -0.39 is 26.6 Å². The number of anilines is 1. The number of oxazole rings is 1. The highest BCUT2D eigenvalue weighted by Gasteiger charge is 2.22. The van der Waals surface area contributed by atoms with Crippen molar-refractivity contribution in [2.45, 2.75) is 31.1 Å². The highest BCUT2D eigenvalue weighted by molar-refractivity contribution is 7.92. The molecule has 1 N–H and O–H groups in total. The fourth-order valence-corrected chi connectivity index (χ4v) is 3.30. The first-order chi connectivity index (χ1) is 11.5. The first-order valence-corrected chi connectivity index (χ1v) is 8.93. The van der Waals surface area contributed by atoms with Gasteiger partial charge in [-0.15, -0.1) is 0 Å². The first-order valence-electron chi connectivity index (χ1n) is 7.45. The van der Waals surface area contributed by atoms with Gasteiger partial charge in [0.15, 0.2) is 5.58 Å². The molecule has 0 atom stereocenters. The van der Waals surface area contributed by atoms with Crippen LogP contribution >= 0.6 is 0 Å². The van der Waals surface area contributed by atoms with Crippen molar-refractivity contribution in [3.8, 4) is 0 Å². The van der Waals surface area contributed by atoms with Gasteiger partial charge in [-0.2, -0.15) is 0 Å². The number of nitrogens with zero attached hydrogens (tertiary/aromatic N) is 1. The van der Waals surface area contributed by atoms with Crippen LogP contribution in [0.15, 0.2) is 45.7 Å². The molecule has 0 aliphatic rings. The summed E-state index contributed by atoms with van der Waals surface area (Å²) in [4.78, 5) is 3.85. The van der Waals surface area contributed by atoms with Crippen molar-refractivity contribution in [1.82, 2.24) is 4.98 Å². The number of benzene rings is 2. The van der Waals surface area contributed by atoms with Crippen LogP contribution in [0.25, 0.3) is 11.1 Å². The molecule has 2 aromatic carbocycles. The normalized spacial score (nSPS) is 12.5. The van der Waals surface area contributed by atoms with Gasteiger partial charge < -0.3 is 4.42 Å². The van der Waals surface area contributed by atoms with E-state index in [9.17, 15) is 17.2 Å². The molecule has 8 heteroatoms. The summed E-state index contributed by atoms with van der Waals surface area (Å²) in [6.07, 6.45) is 0.